The van der Waals surface area contributed by atoms with Crippen LogP contribution in [0.2, 0.25) is 0 Å². The second kappa shape index (κ2) is 13.6. The highest BCUT2D eigenvalue weighted by atomic mass is 16.2. The molecule has 3 aliphatic rings. The maximum absolute atomic E-state index is 13.6. The summed E-state index contributed by atoms with van der Waals surface area (Å²) in [4.78, 5) is 55.9. The molecule has 1 aliphatic heterocycles. The number of carbonyl (C=O) groups is 3. The predicted octanol–water partition coefficient (Wildman–Crippen LogP) is 6.13. The van der Waals surface area contributed by atoms with Crippen LogP contribution in [0.5, 0.6) is 0 Å². The summed E-state index contributed by atoms with van der Waals surface area (Å²) in [6, 6.07) is 30.1. The molecule has 4 aromatic carbocycles. The predicted molar refractivity (Wildman–Crippen MR) is 195 cm³/mol. The molecule has 0 saturated heterocycles. The number of hydrogen-bond acceptors (Lipinski definition) is 6. The number of amides is 1. The second-order valence-electron chi connectivity index (χ2n) is 13.5. The summed E-state index contributed by atoms with van der Waals surface area (Å²) in [5.41, 5.74) is 6.02. The Balaban J connectivity index is 0.794. The van der Waals surface area contributed by atoms with Crippen molar-refractivity contribution in [2.45, 2.75) is 44.2 Å². The minimum absolute atomic E-state index is 0.00519. The highest BCUT2D eigenvalue weighted by Crippen LogP contribution is 2.50. The highest BCUT2D eigenvalue weighted by Gasteiger charge is 2.49. The van der Waals surface area contributed by atoms with Crippen molar-refractivity contribution in [2.24, 2.45) is 0 Å². The number of benzene rings is 4. The van der Waals surface area contributed by atoms with E-state index in [-0.39, 0.29) is 35.0 Å². The summed E-state index contributed by atoms with van der Waals surface area (Å²) in [7, 11) is 0. The Kier molecular flexibility index (Phi) is 8.73. The zero-order valence-corrected chi connectivity index (χ0v) is 28.0. The summed E-state index contributed by atoms with van der Waals surface area (Å²) >= 11 is 0. The maximum atomic E-state index is 13.6. The summed E-state index contributed by atoms with van der Waals surface area (Å²) < 4.78 is 1.80. The van der Waals surface area contributed by atoms with Gasteiger partial charge in [0.15, 0.2) is 11.6 Å². The molecule has 8 heteroatoms. The van der Waals surface area contributed by atoms with E-state index in [1.165, 1.54) is 0 Å². The molecule has 1 aromatic heterocycles. The molecule has 1 amide bonds. The van der Waals surface area contributed by atoms with Gasteiger partial charge in [-0.3, -0.25) is 19.2 Å². The van der Waals surface area contributed by atoms with Crippen molar-refractivity contribution in [1.82, 2.24) is 20.1 Å². The van der Waals surface area contributed by atoms with Crippen molar-refractivity contribution in [2.75, 3.05) is 32.7 Å². The van der Waals surface area contributed by atoms with Gasteiger partial charge in [-0.25, -0.2) is 0 Å². The Labute approximate surface area is 291 Å². The molecule has 50 heavy (non-hydrogen) atoms. The molecule has 0 saturated carbocycles. The molecule has 252 valence electrons. The van der Waals surface area contributed by atoms with E-state index in [1.54, 1.807) is 4.57 Å². The molecule has 0 radical (unpaired) electrons. The normalized spacial score (nSPS) is 17.1. The van der Waals surface area contributed by atoms with Crippen LogP contribution in [0, 0.1) is 0 Å². The Morgan fingerprint density at radius 3 is 1.84 bits per heavy atom. The Bertz CT molecular complexity index is 2200. The fraction of sp³-hybridized carbons (Fsp3) is 0.286. The number of pyridine rings is 1. The number of nitrogens with zero attached hydrogens (tertiary/aromatic N) is 2. The number of nitrogens with one attached hydrogen (secondary N) is 2. The van der Waals surface area contributed by atoms with Crippen LogP contribution < -0.4 is 16.2 Å². The van der Waals surface area contributed by atoms with Crippen LogP contribution >= 0.6 is 0 Å². The molecular formula is C42H40N4O4. The van der Waals surface area contributed by atoms with Crippen molar-refractivity contribution in [3.05, 3.63) is 141 Å². The molecule has 2 aliphatic carbocycles. The first kappa shape index (κ1) is 32.0. The van der Waals surface area contributed by atoms with Crippen LogP contribution in [-0.2, 0) is 6.54 Å². The van der Waals surface area contributed by atoms with E-state index in [4.69, 9.17) is 0 Å². The number of ketones is 2. The average molecular weight is 665 g/mol. The quantitative estimate of drug-likeness (QED) is 0.144. The molecule has 0 fully saturated rings. The molecule has 2 unspecified atom stereocenters. The molecule has 5 aromatic rings. The monoisotopic (exact) mass is 664 g/mol. The summed E-state index contributed by atoms with van der Waals surface area (Å²) in [6.07, 6.45) is 3.62. The first-order valence-corrected chi connectivity index (χ1v) is 17.8. The van der Waals surface area contributed by atoms with E-state index in [2.05, 4.69) is 10.6 Å². The minimum atomic E-state index is -0.336. The smallest absolute Gasteiger partial charge is 0.258 e. The Morgan fingerprint density at radius 2 is 1.10 bits per heavy atom. The van der Waals surface area contributed by atoms with Crippen molar-refractivity contribution < 1.29 is 14.4 Å². The number of hydrogen-bond donors (Lipinski definition) is 2. The zero-order chi connectivity index (χ0) is 34.2. The topological polar surface area (TPSA) is 101 Å². The second-order valence-corrected chi connectivity index (χ2v) is 13.5. The molecular weight excluding hydrogens is 624 g/mol. The lowest BCUT2D eigenvalue weighted by Gasteiger charge is -2.38. The van der Waals surface area contributed by atoms with E-state index in [0.29, 0.717) is 35.2 Å². The van der Waals surface area contributed by atoms with Gasteiger partial charge in [0.1, 0.15) is 0 Å². The van der Waals surface area contributed by atoms with Gasteiger partial charge in [0.25, 0.3) is 11.5 Å². The molecule has 2 atom stereocenters. The molecule has 2 N–H and O–H groups in total. The van der Waals surface area contributed by atoms with Crippen LogP contribution in [0.4, 0.5) is 0 Å². The van der Waals surface area contributed by atoms with Gasteiger partial charge in [-0.1, -0.05) is 84.9 Å². The summed E-state index contributed by atoms with van der Waals surface area (Å²) in [5.74, 6) is -0.235. The third-order valence-electron chi connectivity index (χ3n) is 10.5. The number of fused-ring (bicyclic) bond motifs is 10. The van der Waals surface area contributed by atoms with Crippen molar-refractivity contribution in [1.29, 1.82) is 0 Å². The first-order chi connectivity index (χ1) is 24.6. The number of Topliss-reactive ketones (excluding diaryl/α,β-unsaturated/α-hetero) is 1. The summed E-state index contributed by atoms with van der Waals surface area (Å²) in [5, 5.41) is 8.36. The van der Waals surface area contributed by atoms with E-state index in [1.807, 2.05) is 102 Å². The summed E-state index contributed by atoms with van der Waals surface area (Å²) in [6.45, 7) is 4.46. The SMILES string of the molecule is O=C1c2ccccc2-c2c1c1ccccc1c(=O)n2CCCNCCCCNCCCN1C(=O)c2ccccc2C2C(=O)c3ccccc3C21. The van der Waals surface area contributed by atoms with Gasteiger partial charge in [0.2, 0.25) is 0 Å². The fourth-order valence-electron chi connectivity index (χ4n) is 8.24. The standard InChI is InChI=1S/C42H40N4O4/c47-39-31-17-5-3-15-29(31)37-35(39)27-13-1-7-19-33(27)41(49)45(37)25-11-23-43-21-9-10-22-44-24-12-26-46-38-30-16-4-6-18-32(30)40(48)36(38)28-14-2-8-20-34(28)42(46)50/h1-8,13-20,35,37,43-44H,9-12,21-26H2. The lowest BCUT2D eigenvalue weighted by Crippen LogP contribution is -2.43. The van der Waals surface area contributed by atoms with Gasteiger partial charge in [0, 0.05) is 46.1 Å². The first-order valence-electron chi connectivity index (χ1n) is 17.8. The zero-order valence-electron chi connectivity index (χ0n) is 28.0. The van der Waals surface area contributed by atoms with Gasteiger partial charge < -0.3 is 20.1 Å². The molecule has 8 rings (SSSR count). The lowest BCUT2D eigenvalue weighted by molar-refractivity contribution is 0.0605. The number of rotatable bonds is 13. The highest BCUT2D eigenvalue weighted by molar-refractivity contribution is 6.26. The average Bonchev–Trinajstić information content (AvgIpc) is 3.62. The number of unbranched alkanes of at least 4 members (excludes halogenated alkanes) is 1. The largest absolute Gasteiger partial charge is 0.330 e. The van der Waals surface area contributed by atoms with Crippen molar-refractivity contribution in [3.8, 4) is 11.3 Å². The van der Waals surface area contributed by atoms with E-state index < -0.39 is 0 Å². The third kappa shape index (κ3) is 5.39. The Hall–Kier alpha value is -5.18. The van der Waals surface area contributed by atoms with Gasteiger partial charge in [0.05, 0.1) is 23.2 Å². The molecule has 0 spiro atoms. The van der Waals surface area contributed by atoms with Crippen molar-refractivity contribution >= 4 is 28.2 Å². The minimum Gasteiger partial charge on any atom is -0.330 e. The number of aromatic nitrogens is 1. The molecule has 2 heterocycles. The third-order valence-corrected chi connectivity index (χ3v) is 10.5. The molecule has 0 bridgehead atoms. The van der Waals surface area contributed by atoms with Crippen molar-refractivity contribution in [3.63, 3.8) is 0 Å². The van der Waals surface area contributed by atoms with Gasteiger partial charge in [-0.05, 0) is 75.1 Å². The fourth-order valence-corrected chi connectivity index (χ4v) is 8.24. The maximum Gasteiger partial charge on any atom is 0.258 e. The van der Waals surface area contributed by atoms with Gasteiger partial charge in [-0.15, -0.1) is 0 Å². The van der Waals surface area contributed by atoms with Gasteiger partial charge >= 0.3 is 0 Å². The van der Waals surface area contributed by atoms with Crippen LogP contribution in [0.3, 0.4) is 0 Å². The van der Waals surface area contributed by atoms with E-state index in [9.17, 15) is 19.2 Å². The van der Waals surface area contributed by atoms with Crippen LogP contribution in [0.25, 0.3) is 22.0 Å². The number of carbonyl (C=O) groups excluding carboxylic acids is 3. The van der Waals surface area contributed by atoms with Crippen LogP contribution in [0.1, 0.15) is 85.4 Å². The lowest BCUT2D eigenvalue weighted by atomic mass is 9.83. The van der Waals surface area contributed by atoms with Crippen LogP contribution in [-0.4, -0.2) is 59.7 Å². The van der Waals surface area contributed by atoms with Gasteiger partial charge in [-0.2, -0.15) is 0 Å². The van der Waals surface area contributed by atoms with E-state index in [0.717, 1.165) is 85.2 Å². The van der Waals surface area contributed by atoms with Crippen LogP contribution in [0.15, 0.2) is 102 Å². The molecule has 8 nitrogen and oxygen atoms in total. The van der Waals surface area contributed by atoms with E-state index >= 15 is 0 Å². The Morgan fingerprint density at radius 1 is 0.540 bits per heavy atom.